The van der Waals surface area contributed by atoms with Crippen LogP contribution in [0.2, 0.25) is 0 Å². The minimum absolute atomic E-state index is 0.157. The second-order valence-electron chi connectivity index (χ2n) is 16.3. The highest BCUT2D eigenvalue weighted by atomic mass is 14.4. The first-order chi connectivity index (χ1) is 28.1. The molecule has 0 atom stereocenters. The Morgan fingerprint density at radius 2 is 0.772 bits per heavy atom. The van der Waals surface area contributed by atoms with Gasteiger partial charge in [0.25, 0.3) is 0 Å². The predicted molar refractivity (Wildman–Crippen MR) is 245 cm³/mol. The lowest BCUT2D eigenvalue weighted by atomic mass is 9.77. The molecule has 0 heterocycles. The maximum Gasteiger partial charge on any atom is 0.0171 e. The minimum Gasteiger partial charge on any atom is -0.0616 e. The summed E-state index contributed by atoms with van der Waals surface area (Å²) in [6, 6.07) is 72.4. The van der Waals surface area contributed by atoms with E-state index in [4.69, 9.17) is 0 Å². The van der Waals surface area contributed by atoms with Gasteiger partial charge in [-0.05, 0) is 132 Å². The largest absolute Gasteiger partial charge is 0.0616 e. The van der Waals surface area contributed by atoms with Crippen LogP contribution in [-0.2, 0) is 5.41 Å². The zero-order chi connectivity index (χ0) is 37.8. The average molecular weight is 723 g/mol. The van der Waals surface area contributed by atoms with E-state index in [2.05, 4.69) is 208 Å². The van der Waals surface area contributed by atoms with Crippen LogP contribution in [0.25, 0.3) is 109 Å². The van der Waals surface area contributed by atoms with Gasteiger partial charge in [0.05, 0.1) is 0 Å². The van der Waals surface area contributed by atoms with Crippen molar-refractivity contribution in [3.8, 4) is 44.5 Å². The van der Waals surface area contributed by atoms with Crippen LogP contribution in [0.15, 0.2) is 194 Å². The average Bonchev–Trinajstić information content (AvgIpc) is 3.52. The zero-order valence-electron chi connectivity index (χ0n) is 32.0. The van der Waals surface area contributed by atoms with E-state index in [9.17, 15) is 0 Å². The van der Waals surface area contributed by atoms with Crippen LogP contribution in [-0.4, -0.2) is 0 Å². The molecule has 11 aromatic rings. The Bertz CT molecular complexity index is 3430. The third-order valence-corrected chi connectivity index (χ3v) is 12.9. The van der Waals surface area contributed by atoms with E-state index in [0.29, 0.717) is 0 Å². The molecule has 57 heavy (non-hydrogen) atoms. The lowest BCUT2D eigenvalue weighted by Crippen LogP contribution is -2.16. The van der Waals surface area contributed by atoms with Gasteiger partial charge in [-0.2, -0.15) is 0 Å². The molecule has 12 rings (SSSR count). The summed E-state index contributed by atoms with van der Waals surface area (Å²) in [4.78, 5) is 0. The molecule has 266 valence electrons. The quantitative estimate of drug-likeness (QED) is 0.126. The molecule has 0 spiro atoms. The van der Waals surface area contributed by atoms with Gasteiger partial charge in [-0.15, -0.1) is 0 Å². The number of benzene rings is 11. The monoisotopic (exact) mass is 722 g/mol. The van der Waals surface area contributed by atoms with Crippen molar-refractivity contribution in [3.63, 3.8) is 0 Å². The molecule has 0 saturated carbocycles. The maximum absolute atomic E-state index is 2.43. The molecule has 0 fully saturated rings. The Labute approximate surface area is 332 Å². The summed E-state index contributed by atoms with van der Waals surface area (Å²) < 4.78 is 0. The molecule has 0 saturated heterocycles. The van der Waals surface area contributed by atoms with Gasteiger partial charge in [-0.25, -0.2) is 0 Å². The van der Waals surface area contributed by atoms with Crippen molar-refractivity contribution in [1.29, 1.82) is 0 Å². The molecule has 0 nitrogen and oxygen atoms in total. The first-order valence-electron chi connectivity index (χ1n) is 20.1. The highest BCUT2D eigenvalue weighted by molar-refractivity contribution is 6.24. The first kappa shape index (κ1) is 32.2. The first-order valence-corrected chi connectivity index (χ1v) is 20.1. The fraction of sp³-hybridized carbons (Fsp3) is 0.0526. The van der Waals surface area contributed by atoms with Crippen LogP contribution in [0.1, 0.15) is 25.0 Å². The Balaban J connectivity index is 1.03. The number of rotatable bonds is 3. The van der Waals surface area contributed by atoms with Crippen molar-refractivity contribution in [2.24, 2.45) is 0 Å². The second kappa shape index (κ2) is 12.0. The molecular weight excluding hydrogens is 685 g/mol. The van der Waals surface area contributed by atoms with E-state index >= 15 is 0 Å². The summed E-state index contributed by atoms with van der Waals surface area (Å²) in [7, 11) is 0. The van der Waals surface area contributed by atoms with Gasteiger partial charge in [-0.1, -0.05) is 196 Å². The van der Waals surface area contributed by atoms with Crippen molar-refractivity contribution in [1.82, 2.24) is 0 Å². The zero-order valence-corrected chi connectivity index (χ0v) is 32.0. The van der Waals surface area contributed by atoms with E-state index in [1.807, 2.05) is 0 Å². The van der Waals surface area contributed by atoms with Gasteiger partial charge in [0.15, 0.2) is 0 Å². The van der Waals surface area contributed by atoms with Gasteiger partial charge < -0.3 is 0 Å². The molecule has 1 aliphatic carbocycles. The van der Waals surface area contributed by atoms with Crippen LogP contribution in [0.5, 0.6) is 0 Å². The van der Waals surface area contributed by atoms with Crippen LogP contribution >= 0.6 is 0 Å². The highest BCUT2D eigenvalue weighted by Gasteiger charge is 2.39. The summed E-state index contributed by atoms with van der Waals surface area (Å²) in [5, 5.41) is 15.6. The Morgan fingerprint density at radius 3 is 1.47 bits per heavy atom. The number of hydrogen-bond acceptors (Lipinski definition) is 0. The van der Waals surface area contributed by atoms with Gasteiger partial charge in [-0.3, -0.25) is 0 Å². The van der Waals surface area contributed by atoms with E-state index in [0.717, 1.165) is 0 Å². The summed E-state index contributed by atoms with van der Waals surface area (Å²) in [6.45, 7) is 4.85. The molecule has 0 aromatic heterocycles. The minimum atomic E-state index is -0.157. The fourth-order valence-electron chi connectivity index (χ4n) is 10.6. The van der Waals surface area contributed by atoms with Crippen molar-refractivity contribution < 1.29 is 0 Å². The molecular formula is C57H38. The number of fused-ring (bicyclic) bond motifs is 13. The van der Waals surface area contributed by atoms with Crippen molar-refractivity contribution in [2.75, 3.05) is 0 Å². The van der Waals surface area contributed by atoms with E-state index in [-0.39, 0.29) is 5.41 Å². The normalized spacial score (nSPS) is 13.2. The summed E-state index contributed by atoms with van der Waals surface area (Å²) in [5.41, 5.74) is 13.0. The van der Waals surface area contributed by atoms with Gasteiger partial charge in [0, 0.05) is 5.41 Å². The van der Waals surface area contributed by atoms with Crippen molar-refractivity contribution >= 4 is 64.6 Å². The molecule has 1 aliphatic rings. The van der Waals surface area contributed by atoms with Crippen molar-refractivity contribution in [3.05, 3.63) is 205 Å². The Hall–Kier alpha value is -7.02. The topological polar surface area (TPSA) is 0 Å². The van der Waals surface area contributed by atoms with Gasteiger partial charge in [0.2, 0.25) is 0 Å². The third kappa shape index (κ3) is 4.56. The molecule has 0 aliphatic heterocycles. The second-order valence-corrected chi connectivity index (χ2v) is 16.3. The molecule has 0 amide bonds. The summed E-state index contributed by atoms with van der Waals surface area (Å²) in [5.74, 6) is 0. The summed E-state index contributed by atoms with van der Waals surface area (Å²) >= 11 is 0. The molecule has 0 N–H and O–H groups in total. The smallest absolute Gasteiger partial charge is 0.0171 e. The Kier molecular flexibility index (Phi) is 6.78. The van der Waals surface area contributed by atoms with Crippen molar-refractivity contribution in [2.45, 2.75) is 19.3 Å². The standard InChI is InChI=1S/C57H38/c1-57(2)55-41-31-29-37(33-38(41)30-32-51(55)54-45-22-7-5-20-42(45)43-21-6-12-27-50(43)56(54)57)36-17-13-18-39(34-36)52-46-23-8-10-25-48(46)53(49-26-11-9-24-47(49)52)44-28-14-16-35-15-3-4-19-40(35)44/h3-34H,1-2H3. The molecule has 0 unspecified atom stereocenters. The SMILES string of the molecule is CC1(C)c2c(ccc3cc(-c4cccc(-c5c6ccccc6c(-c6cccc7ccccc67)c6ccccc56)c4)ccc23)-c2c1c1ccccc1c1ccccc21. The highest BCUT2D eigenvalue weighted by Crippen LogP contribution is 2.56. The van der Waals surface area contributed by atoms with Gasteiger partial charge >= 0.3 is 0 Å². The van der Waals surface area contributed by atoms with E-state index in [1.54, 1.807) is 0 Å². The molecule has 0 radical (unpaired) electrons. The molecule has 11 aromatic carbocycles. The fourth-order valence-corrected chi connectivity index (χ4v) is 10.6. The van der Waals surface area contributed by atoms with Crippen LogP contribution in [0.4, 0.5) is 0 Å². The molecule has 0 heteroatoms. The predicted octanol–water partition coefficient (Wildman–Crippen LogP) is 15.9. The van der Waals surface area contributed by atoms with Gasteiger partial charge in [0.1, 0.15) is 0 Å². The van der Waals surface area contributed by atoms with E-state index < -0.39 is 0 Å². The number of hydrogen-bond donors (Lipinski definition) is 0. The van der Waals surface area contributed by atoms with Crippen LogP contribution in [0.3, 0.4) is 0 Å². The lowest BCUT2D eigenvalue weighted by Gasteiger charge is -2.25. The van der Waals surface area contributed by atoms with Crippen LogP contribution in [0, 0.1) is 0 Å². The maximum atomic E-state index is 2.43. The lowest BCUT2D eigenvalue weighted by molar-refractivity contribution is 0.672. The summed E-state index contributed by atoms with van der Waals surface area (Å²) in [6.07, 6.45) is 0. The Morgan fingerprint density at radius 1 is 0.263 bits per heavy atom. The van der Waals surface area contributed by atoms with Crippen LogP contribution < -0.4 is 0 Å². The third-order valence-electron chi connectivity index (χ3n) is 12.9. The molecule has 0 bridgehead atoms. The van der Waals surface area contributed by atoms with E-state index in [1.165, 1.54) is 120 Å².